The average molecular weight is 507 g/mol. The lowest BCUT2D eigenvalue weighted by molar-refractivity contribution is -0.137. The average Bonchev–Trinajstić information content (AvgIpc) is 2.85. The van der Waals surface area contributed by atoms with Crippen LogP contribution in [-0.4, -0.2) is 28.5 Å². The number of benzene rings is 3. The molecule has 2 aliphatic rings. The summed E-state index contributed by atoms with van der Waals surface area (Å²) in [5, 5.41) is 5.67. The molecule has 2 aliphatic heterocycles. The van der Waals surface area contributed by atoms with Gasteiger partial charge in [0.1, 0.15) is 11.6 Å². The third-order valence-corrected chi connectivity index (χ3v) is 5.93. The largest absolute Gasteiger partial charge is 0.416 e. The van der Waals surface area contributed by atoms with E-state index in [-0.39, 0.29) is 17.7 Å². The van der Waals surface area contributed by atoms with Crippen molar-refractivity contribution in [2.45, 2.75) is 18.8 Å². The molecule has 9 heteroatoms. The third kappa shape index (κ3) is 5.11. The zero-order valence-corrected chi connectivity index (χ0v) is 19.1. The predicted octanol–water partition coefficient (Wildman–Crippen LogP) is 6.39. The first-order valence-electron chi connectivity index (χ1n) is 11.2. The maximum Gasteiger partial charge on any atom is 0.416 e. The molecular formula is C28H18F5N3O. The molecule has 1 amide bonds. The third-order valence-electron chi connectivity index (χ3n) is 5.93. The summed E-state index contributed by atoms with van der Waals surface area (Å²) in [6, 6.07) is 16.6. The van der Waals surface area contributed by atoms with Gasteiger partial charge < -0.3 is 0 Å². The minimum absolute atomic E-state index is 0.0937. The number of hydrazone groups is 1. The molecule has 0 bridgehead atoms. The van der Waals surface area contributed by atoms with Crippen LogP contribution < -0.4 is 0 Å². The fraction of sp³-hybridized carbons (Fsp3) is 0.107. The van der Waals surface area contributed by atoms with Crippen LogP contribution in [0.4, 0.5) is 22.0 Å². The van der Waals surface area contributed by atoms with E-state index in [9.17, 15) is 26.7 Å². The van der Waals surface area contributed by atoms with Gasteiger partial charge in [0.25, 0.3) is 5.91 Å². The molecule has 2 heterocycles. The fourth-order valence-corrected chi connectivity index (χ4v) is 4.08. The number of nitrogens with zero attached hydrogens (tertiary/aromatic N) is 3. The maximum absolute atomic E-state index is 14.7. The van der Waals surface area contributed by atoms with Crippen molar-refractivity contribution >= 4 is 22.9 Å². The van der Waals surface area contributed by atoms with Gasteiger partial charge >= 0.3 is 6.18 Å². The molecule has 0 saturated carbocycles. The quantitative estimate of drug-likeness (QED) is 0.379. The Morgan fingerprint density at radius 3 is 2.27 bits per heavy atom. The lowest BCUT2D eigenvalue weighted by atomic mass is 9.99. The molecule has 3 aromatic rings. The van der Waals surface area contributed by atoms with E-state index >= 15 is 0 Å². The van der Waals surface area contributed by atoms with Crippen molar-refractivity contribution in [1.29, 1.82) is 0 Å². The molecular weight excluding hydrogens is 489 g/mol. The first kappa shape index (κ1) is 24.3. The number of halogens is 5. The zero-order chi connectivity index (χ0) is 26.2. The second kappa shape index (κ2) is 9.57. The van der Waals surface area contributed by atoms with Gasteiger partial charge in [-0.25, -0.2) is 13.8 Å². The molecule has 1 atom stereocenters. The van der Waals surface area contributed by atoms with Crippen molar-refractivity contribution in [1.82, 2.24) is 5.01 Å². The van der Waals surface area contributed by atoms with Crippen LogP contribution in [0, 0.1) is 11.6 Å². The molecule has 0 N–H and O–H groups in total. The minimum atomic E-state index is -4.50. The summed E-state index contributed by atoms with van der Waals surface area (Å²) in [4.78, 5) is 17.8. The van der Waals surface area contributed by atoms with E-state index < -0.39 is 35.4 Å². The highest BCUT2D eigenvalue weighted by molar-refractivity contribution is 6.14. The van der Waals surface area contributed by atoms with Gasteiger partial charge in [-0.15, -0.1) is 0 Å². The second-order valence-corrected chi connectivity index (χ2v) is 8.41. The van der Waals surface area contributed by atoms with Gasteiger partial charge in [0.15, 0.2) is 6.17 Å². The maximum atomic E-state index is 14.7. The summed E-state index contributed by atoms with van der Waals surface area (Å²) < 4.78 is 67.3. The summed E-state index contributed by atoms with van der Waals surface area (Å²) in [6.45, 7) is 0. The Hall–Kier alpha value is -4.40. The van der Waals surface area contributed by atoms with Crippen molar-refractivity contribution in [3.63, 3.8) is 0 Å². The molecule has 5 rings (SSSR count). The van der Waals surface area contributed by atoms with Gasteiger partial charge in [-0.3, -0.25) is 9.79 Å². The highest BCUT2D eigenvalue weighted by atomic mass is 19.4. The molecule has 3 aromatic carbocycles. The van der Waals surface area contributed by atoms with E-state index in [0.29, 0.717) is 22.4 Å². The number of carbonyl (C=O) groups is 1. The van der Waals surface area contributed by atoms with Gasteiger partial charge in [0, 0.05) is 17.2 Å². The number of amides is 1. The number of hydrogen-bond donors (Lipinski definition) is 0. The minimum Gasteiger partial charge on any atom is -0.272 e. The van der Waals surface area contributed by atoms with Crippen LogP contribution in [0.5, 0.6) is 0 Å². The lowest BCUT2D eigenvalue weighted by Crippen LogP contribution is -2.41. The Labute approximate surface area is 208 Å². The summed E-state index contributed by atoms with van der Waals surface area (Å²) >= 11 is 0. The molecule has 0 spiro atoms. The number of allylic oxidation sites excluding steroid dienone is 3. The lowest BCUT2D eigenvalue weighted by Gasteiger charge is -2.30. The molecule has 1 unspecified atom stereocenters. The Morgan fingerprint density at radius 2 is 1.59 bits per heavy atom. The van der Waals surface area contributed by atoms with Crippen molar-refractivity contribution in [3.8, 4) is 0 Å². The number of fused-ring (bicyclic) bond motifs is 1. The van der Waals surface area contributed by atoms with E-state index in [0.717, 1.165) is 24.3 Å². The Balaban J connectivity index is 1.63. The molecule has 37 heavy (non-hydrogen) atoms. The van der Waals surface area contributed by atoms with Crippen molar-refractivity contribution in [2.75, 3.05) is 0 Å². The van der Waals surface area contributed by atoms with E-state index in [1.165, 1.54) is 29.3 Å². The first-order valence-corrected chi connectivity index (χ1v) is 11.2. The molecule has 186 valence electrons. The number of carbonyl (C=O) groups excluding carboxylic acids is 1. The Kier molecular flexibility index (Phi) is 6.29. The van der Waals surface area contributed by atoms with Gasteiger partial charge in [0.05, 0.1) is 23.4 Å². The Bertz CT molecular complexity index is 1470. The molecule has 0 aromatic heterocycles. The van der Waals surface area contributed by atoms with Gasteiger partial charge in [-0.2, -0.15) is 18.3 Å². The monoisotopic (exact) mass is 507 g/mol. The molecule has 0 aliphatic carbocycles. The first-order chi connectivity index (χ1) is 17.7. The highest BCUT2D eigenvalue weighted by Crippen LogP contribution is 2.31. The van der Waals surface area contributed by atoms with Crippen LogP contribution in [0.25, 0.3) is 5.57 Å². The summed E-state index contributed by atoms with van der Waals surface area (Å²) in [6.07, 6.45) is -0.953. The number of hydrogen-bond acceptors (Lipinski definition) is 3. The normalized spacial score (nSPS) is 17.9. The number of rotatable bonds is 3. The summed E-state index contributed by atoms with van der Waals surface area (Å²) in [7, 11) is 0. The highest BCUT2D eigenvalue weighted by Gasteiger charge is 2.33. The van der Waals surface area contributed by atoms with Crippen LogP contribution in [0.3, 0.4) is 0 Å². The summed E-state index contributed by atoms with van der Waals surface area (Å²) in [5.74, 6) is -1.97. The zero-order valence-electron chi connectivity index (χ0n) is 19.1. The van der Waals surface area contributed by atoms with Gasteiger partial charge in [-0.1, -0.05) is 48.5 Å². The van der Waals surface area contributed by atoms with Crippen LogP contribution in [0.2, 0.25) is 0 Å². The number of aliphatic imine (C=N–C) groups is 1. The van der Waals surface area contributed by atoms with Crippen LogP contribution in [0.15, 0.2) is 101 Å². The molecule has 0 fully saturated rings. The van der Waals surface area contributed by atoms with Crippen molar-refractivity contribution in [2.24, 2.45) is 10.1 Å². The molecule has 4 nitrogen and oxygen atoms in total. The smallest absolute Gasteiger partial charge is 0.272 e. The number of alkyl halides is 3. The standard InChI is InChI=1S/C28H18F5N3O/c29-21-11-12-22(23(30)15-21)19-8-13-24(17-4-2-1-3-5-17)35-36-26(14-19)34-25(16-27(36)37)18-6-9-20(10-7-18)28(31,32)33/h1-15,26H,16H2. The molecule has 0 saturated heterocycles. The van der Waals surface area contributed by atoms with Crippen LogP contribution in [0.1, 0.15) is 28.7 Å². The van der Waals surface area contributed by atoms with Crippen molar-refractivity contribution < 1.29 is 26.7 Å². The summed E-state index contributed by atoms with van der Waals surface area (Å²) in [5.41, 5.74) is 1.36. The van der Waals surface area contributed by atoms with Gasteiger partial charge in [0.2, 0.25) is 0 Å². The predicted molar refractivity (Wildman–Crippen MR) is 130 cm³/mol. The molecule has 0 radical (unpaired) electrons. The van der Waals surface area contributed by atoms with Crippen molar-refractivity contribution in [3.05, 3.63) is 125 Å². The van der Waals surface area contributed by atoms with Gasteiger partial charge in [-0.05, 0) is 47.6 Å². The van der Waals surface area contributed by atoms with Crippen LogP contribution in [-0.2, 0) is 11.0 Å². The fourth-order valence-electron chi connectivity index (χ4n) is 4.08. The second-order valence-electron chi connectivity index (χ2n) is 8.41. The Morgan fingerprint density at radius 1 is 0.865 bits per heavy atom. The van der Waals surface area contributed by atoms with Crippen LogP contribution >= 0.6 is 0 Å². The van der Waals surface area contributed by atoms with E-state index in [1.54, 1.807) is 36.4 Å². The SMILES string of the molecule is O=C1CC(c2ccc(C(F)(F)F)cc2)=NC2C=C(c3ccc(F)cc3F)C=CC(c3ccccc3)=NN12. The van der Waals surface area contributed by atoms with E-state index in [2.05, 4.69) is 10.1 Å². The van der Waals surface area contributed by atoms with E-state index in [1.807, 2.05) is 6.07 Å². The van der Waals surface area contributed by atoms with E-state index in [4.69, 9.17) is 0 Å². The topological polar surface area (TPSA) is 45.0 Å².